The van der Waals surface area contributed by atoms with Gasteiger partial charge in [-0.2, -0.15) is 0 Å². The Morgan fingerprint density at radius 3 is 2.36 bits per heavy atom. The van der Waals surface area contributed by atoms with Crippen molar-refractivity contribution in [2.45, 2.75) is 52.5 Å². The van der Waals surface area contributed by atoms with E-state index in [-0.39, 0.29) is 5.54 Å². The van der Waals surface area contributed by atoms with Crippen molar-refractivity contribution in [1.29, 1.82) is 0 Å². The van der Waals surface area contributed by atoms with Crippen molar-refractivity contribution in [3.8, 4) is 0 Å². The Balaban J connectivity index is 2.76. The minimum atomic E-state index is 0.0522. The molecule has 0 fully saturated rings. The summed E-state index contributed by atoms with van der Waals surface area (Å²) in [6.45, 7) is 8.47. The van der Waals surface area contributed by atoms with Crippen LogP contribution in [0.4, 0.5) is 0 Å². The third-order valence-electron chi connectivity index (χ3n) is 2.28. The number of hydrogen-bond donors (Lipinski definition) is 0. The molecule has 1 aliphatic rings. The highest BCUT2D eigenvalue weighted by molar-refractivity contribution is 5.81. The number of aliphatic imine (C=N–C) groups is 1. The van der Waals surface area contributed by atoms with Crippen LogP contribution >= 0.6 is 0 Å². The molecule has 0 aromatic carbocycles. The van der Waals surface area contributed by atoms with E-state index in [1.54, 1.807) is 0 Å². The van der Waals surface area contributed by atoms with Crippen molar-refractivity contribution in [3.63, 3.8) is 0 Å². The van der Waals surface area contributed by atoms with Gasteiger partial charge in [-0.1, -0.05) is 12.2 Å². The molecule has 0 aliphatic heterocycles. The molecular formula is C13H21N. The normalized spacial score (nSPS) is 19.1. The molecule has 0 radical (unpaired) electrons. The van der Waals surface area contributed by atoms with Gasteiger partial charge >= 0.3 is 0 Å². The molecule has 1 rings (SSSR count). The largest absolute Gasteiger partial charge is 0.287 e. The smallest absolute Gasteiger partial charge is 0.0524 e. The maximum atomic E-state index is 4.55. The molecule has 0 aromatic heterocycles. The summed E-state index contributed by atoms with van der Waals surface area (Å²) < 4.78 is 0. The molecule has 78 valence electrons. The van der Waals surface area contributed by atoms with Gasteiger partial charge in [-0.3, -0.25) is 4.99 Å². The van der Waals surface area contributed by atoms with E-state index in [9.17, 15) is 0 Å². The van der Waals surface area contributed by atoms with Gasteiger partial charge in [0, 0.05) is 6.21 Å². The third kappa shape index (κ3) is 3.49. The fourth-order valence-electron chi connectivity index (χ4n) is 1.60. The summed E-state index contributed by atoms with van der Waals surface area (Å²) in [6.07, 6.45) is 10.1. The van der Waals surface area contributed by atoms with Crippen molar-refractivity contribution in [2.75, 3.05) is 0 Å². The zero-order valence-corrected chi connectivity index (χ0v) is 9.80. The molecular weight excluding hydrogens is 170 g/mol. The van der Waals surface area contributed by atoms with Crippen LogP contribution in [0.1, 0.15) is 47.0 Å². The first kappa shape index (κ1) is 11.2. The van der Waals surface area contributed by atoms with Crippen molar-refractivity contribution in [1.82, 2.24) is 0 Å². The number of nitrogens with zero attached hydrogens (tertiary/aromatic N) is 1. The lowest BCUT2D eigenvalue weighted by atomic mass is 10.1. The first-order valence-electron chi connectivity index (χ1n) is 5.43. The molecule has 0 saturated carbocycles. The monoisotopic (exact) mass is 191 g/mol. The maximum absolute atomic E-state index is 4.55. The quantitative estimate of drug-likeness (QED) is 0.587. The summed E-state index contributed by atoms with van der Waals surface area (Å²) in [6, 6.07) is 0. The van der Waals surface area contributed by atoms with Gasteiger partial charge in [0.2, 0.25) is 0 Å². The van der Waals surface area contributed by atoms with Crippen molar-refractivity contribution in [3.05, 3.63) is 23.3 Å². The summed E-state index contributed by atoms with van der Waals surface area (Å²) in [5, 5.41) is 0. The minimum absolute atomic E-state index is 0.0522. The van der Waals surface area contributed by atoms with Crippen LogP contribution in [0, 0.1) is 0 Å². The van der Waals surface area contributed by atoms with Crippen LogP contribution < -0.4 is 0 Å². The number of hydrogen-bond acceptors (Lipinski definition) is 1. The lowest BCUT2D eigenvalue weighted by Gasteiger charge is -2.11. The molecule has 0 atom stereocenters. The Morgan fingerprint density at radius 1 is 1.14 bits per heavy atom. The average Bonchev–Trinajstić information content (AvgIpc) is 2.48. The lowest BCUT2D eigenvalue weighted by molar-refractivity contribution is 0.586. The molecule has 0 amide bonds. The molecule has 1 aliphatic carbocycles. The second kappa shape index (κ2) is 4.59. The van der Waals surface area contributed by atoms with Gasteiger partial charge in [0.1, 0.15) is 0 Å². The van der Waals surface area contributed by atoms with Crippen LogP contribution in [0.5, 0.6) is 0 Å². The Morgan fingerprint density at radius 2 is 1.79 bits per heavy atom. The standard InChI is InChI=1S/C13H21N/c1-5-7-11-8-6-9-12(11)10-14-13(2,3)4/h5,7,10H,6,8-9H2,1-4H3/b7-5-,14-10+. The van der Waals surface area contributed by atoms with Crippen LogP contribution in [-0.4, -0.2) is 11.8 Å². The Bertz CT molecular complexity index is 274. The predicted octanol–water partition coefficient (Wildman–Crippen LogP) is 3.91. The second-order valence-electron chi connectivity index (χ2n) is 4.83. The molecule has 0 unspecified atom stereocenters. The zero-order valence-electron chi connectivity index (χ0n) is 9.80. The molecule has 0 N–H and O–H groups in total. The fraction of sp³-hybridized carbons (Fsp3) is 0.615. The molecule has 0 aromatic rings. The van der Waals surface area contributed by atoms with Gasteiger partial charge in [0.05, 0.1) is 5.54 Å². The Labute approximate surface area is 87.6 Å². The Kier molecular flexibility index (Phi) is 3.68. The SMILES string of the molecule is C/C=C\C1=C(/C=N/C(C)(C)C)CCC1. The third-order valence-corrected chi connectivity index (χ3v) is 2.28. The summed E-state index contributed by atoms with van der Waals surface area (Å²) >= 11 is 0. The van der Waals surface area contributed by atoms with Crippen LogP contribution in [0.3, 0.4) is 0 Å². The van der Waals surface area contributed by atoms with Crippen LogP contribution in [0.25, 0.3) is 0 Å². The van der Waals surface area contributed by atoms with Crippen LogP contribution in [0.15, 0.2) is 28.3 Å². The fourth-order valence-corrected chi connectivity index (χ4v) is 1.60. The van der Waals surface area contributed by atoms with Gasteiger partial charge in [0.25, 0.3) is 0 Å². The van der Waals surface area contributed by atoms with Gasteiger partial charge in [0.15, 0.2) is 0 Å². The van der Waals surface area contributed by atoms with Gasteiger partial charge < -0.3 is 0 Å². The average molecular weight is 191 g/mol. The van der Waals surface area contributed by atoms with E-state index in [0.717, 1.165) is 0 Å². The first-order chi connectivity index (χ1) is 6.53. The molecule has 1 heteroatoms. The van der Waals surface area contributed by atoms with E-state index in [2.05, 4.69) is 51.1 Å². The summed E-state index contributed by atoms with van der Waals surface area (Å²) in [4.78, 5) is 4.55. The maximum Gasteiger partial charge on any atom is 0.0524 e. The summed E-state index contributed by atoms with van der Waals surface area (Å²) in [5.41, 5.74) is 2.95. The van der Waals surface area contributed by atoms with E-state index in [1.807, 2.05) is 0 Å². The van der Waals surface area contributed by atoms with Crippen LogP contribution in [0.2, 0.25) is 0 Å². The summed E-state index contributed by atoms with van der Waals surface area (Å²) in [7, 11) is 0. The molecule has 0 heterocycles. The molecule has 14 heavy (non-hydrogen) atoms. The molecule has 0 spiro atoms. The predicted molar refractivity (Wildman–Crippen MR) is 63.9 cm³/mol. The molecule has 1 nitrogen and oxygen atoms in total. The highest BCUT2D eigenvalue weighted by Gasteiger charge is 2.11. The van der Waals surface area contributed by atoms with Crippen molar-refractivity contribution >= 4 is 6.21 Å². The highest BCUT2D eigenvalue weighted by atomic mass is 14.8. The van der Waals surface area contributed by atoms with E-state index in [1.165, 1.54) is 30.4 Å². The molecule has 0 bridgehead atoms. The van der Waals surface area contributed by atoms with E-state index < -0.39 is 0 Å². The van der Waals surface area contributed by atoms with Gasteiger partial charge in [-0.15, -0.1) is 0 Å². The minimum Gasteiger partial charge on any atom is -0.287 e. The highest BCUT2D eigenvalue weighted by Crippen LogP contribution is 2.26. The zero-order chi connectivity index (χ0) is 10.6. The number of allylic oxidation sites excluding steroid dienone is 4. The first-order valence-corrected chi connectivity index (χ1v) is 5.43. The topological polar surface area (TPSA) is 12.4 Å². The van der Waals surface area contributed by atoms with Gasteiger partial charge in [-0.25, -0.2) is 0 Å². The number of rotatable bonds is 2. The lowest BCUT2D eigenvalue weighted by Crippen LogP contribution is -2.09. The Hall–Kier alpha value is -0.850. The summed E-state index contributed by atoms with van der Waals surface area (Å²) in [5.74, 6) is 0. The van der Waals surface area contributed by atoms with Gasteiger partial charge in [-0.05, 0) is 58.1 Å². The van der Waals surface area contributed by atoms with E-state index in [4.69, 9.17) is 0 Å². The molecule has 0 saturated heterocycles. The van der Waals surface area contributed by atoms with E-state index in [0.29, 0.717) is 0 Å². The van der Waals surface area contributed by atoms with E-state index >= 15 is 0 Å². The van der Waals surface area contributed by atoms with Crippen LogP contribution in [-0.2, 0) is 0 Å². The van der Waals surface area contributed by atoms with Crippen molar-refractivity contribution < 1.29 is 0 Å². The second-order valence-corrected chi connectivity index (χ2v) is 4.83. The van der Waals surface area contributed by atoms with Crippen molar-refractivity contribution in [2.24, 2.45) is 4.99 Å².